The van der Waals surface area contributed by atoms with Gasteiger partial charge in [0.05, 0.1) is 16.2 Å². The molecule has 26 heavy (non-hydrogen) atoms. The number of halogens is 2. The van der Waals surface area contributed by atoms with E-state index in [4.69, 9.17) is 4.74 Å². The van der Waals surface area contributed by atoms with Gasteiger partial charge >= 0.3 is 0 Å². The molecule has 2 aliphatic heterocycles. The maximum absolute atomic E-state index is 12.9. The van der Waals surface area contributed by atoms with Crippen LogP contribution in [0.2, 0.25) is 0 Å². The number of carbonyl (C=O) groups is 1. The van der Waals surface area contributed by atoms with E-state index >= 15 is 0 Å². The molecule has 0 unspecified atom stereocenters. The Morgan fingerprint density at radius 1 is 1.35 bits per heavy atom. The number of amides is 1. The minimum Gasteiger partial charge on any atom is -0.495 e. The van der Waals surface area contributed by atoms with E-state index < -0.39 is 0 Å². The molecule has 5 nitrogen and oxygen atoms in total. The van der Waals surface area contributed by atoms with Gasteiger partial charge in [0.25, 0.3) is 5.91 Å². The predicted molar refractivity (Wildman–Crippen MR) is 121 cm³/mol. The summed E-state index contributed by atoms with van der Waals surface area (Å²) >= 11 is 6.30. The number of ether oxygens (including phenoxy) is 1. The van der Waals surface area contributed by atoms with E-state index in [-0.39, 0.29) is 12.1 Å². The Bertz CT molecular complexity index is 884. The first-order valence-electron chi connectivity index (χ1n) is 8.49. The molecule has 3 heterocycles. The quantitative estimate of drug-likeness (QED) is 0.523. The van der Waals surface area contributed by atoms with Crippen LogP contribution in [-0.4, -0.2) is 31.0 Å². The molecule has 4 rings (SSSR count). The van der Waals surface area contributed by atoms with E-state index in [0.717, 1.165) is 55.1 Å². The van der Waals surface area contributed by atoms with E-state index in [2.05, 4.69) is 79.8 Å². The smallest absolute Gasteiger partial charge is 0.256 e. The molecule has 0 aliphatic carbocycles. The fraction of sp³-hybridized carbons (Fsp3) is 0.389. The molecule has 0 saturated heterocycles. The minimum absolute atomic E-state index is 0.0159. The molecular weight excluding hydrogens is 576 g/mol. The third kappa shape index (κ3) is 3.22. The average molecular weight is 595 g/mol. The van der Waals surface area contributed by atoms with Gasteiger partial charge in [0.1, 0.15) is 16.9 Å². The zero-order chi connectivity index (χ0) is 18.4. The number of nitrogens with zero attached hydrogens (tertiary/aromatic N) is 1. The number of rotatable bonds is 3. The highest BCUT2D eigenvalue weighted by atomic mass is 127. The van der Waals surface area contributed by atoms with Gasteiger partial charge in [-0.25, -0.2) is 0 Å². The normalized spacial score (nSPS) is 19.4. The molecule has 2 aromatic rings. The lowest BCUT2D eigenvalue weighted by Gasteiger charge is -2.29. The summed E-state index contributed by atoms with van der Waals surface area (Å²) in [6.07, 6.45) is 0.662. The topological polar surface area (TPSA) is 53.6 Å². The minimum atomic E-state index is -0.282. The van der Waals surface area contributed by atoms with E-state index in [1.165, 1.54) is 10.4 Å². The van der Waals surface area contributed by atoms with Crippen molar-refractivity contribution in [2.45, 2.75) is 26.1 Å². The Hall–Kier alpha value is -0.590. The number of nitrogens with one attached hydrogen (secondary N) is 2. The molecule has 1 atom stereocenters. The Balaban J connectivity index is 1.72. The van der Waals surface area contributed by atoms with Crippen LogP contribution in [0.1, 0.15) is 39.5 Å². The molecule has 1 aromatic carbocycles. The van der Waals surface area contributed by atoms with Crippen molar-refractivity contribution in [2.24, 2.45) is 0 Å². The summed E-state index contributed by atoms with van der Waals surface area (Å²) in [5.41, 5.74) is 3.03. The van der Waals surface area contributed by atoms with Gasteiger partial charge in [-0.15, -0.1) is 11.3 Å². The zero-order valence-electron chi connectivity index (χ0n) is 14.5. The van der Waals surface area contributed by atoms with Gasteiger partial charge in [-0.3, -0.25) is 9.69 Å². The lowest BCUT2D eigenvalue weighted by atomic mass is 10.00. The van der Waals surface area contributed by atoms with Crippen LogP contribution in [0.4, 0.5) is 5.00 Å². The molecular formula is C18H19I2N3O2S. The van der Waals surface area contributed by atoms with Crippen LogP contribution in [0.15, 0.2) is 12.1 Å². The van der Waals surface area contributed by atoms with Gasteiger partial charge in [-0.2, -0.15) is 0 Å². The lowest BCUT2D eigenvalue weighted by molar-refractivity contribution is 0.0934. The van der Waals surface area contributed by atoms with Crippen LogP contribution >= 0.6 is 56.5 Å². The summed E-state index contributed by atoms with van der Waals surface area (Å²) in [5, 5.41) is 7.66. The molecule has 138 valence electrons. The SMILES string of the molecule is CCN1CCc2c(sc3c2C(=O)N[C@H](c2cc(I)cc(I)c2OC)N3)C1. The van der Waals surface area contributed by atoms with E-state index in [9.17, 15) is 4.79 Å². The fourth-order valence-corrected chi connectivity index (χ4v) is 7.03. The first-order valence-corrected chi connectivity index (χ1v) is 11.5. The van der Waals surface area contributed by atoms with Crippen LogP contribution in [0.25, 0.3) is 0 Å². The Morgan fingerprint density at radius 3 is 2.88 bits per heavy atom. The number of hydrogen-bond acceptors (Lipinski definition) is 5. The highest BCUT2D eigenvalue weighted by Gasteiger charge is 2.34. The second-order valence-electron chi connectivity index (χ2n) is 6.39. The van der Waals surface area contributed by atoms with E-state index in [0.29, 0.717) is 0 Å². The molecule has 0 spiro atoms. The van der Waals surface area contributed by atoms with Crippen LogP contribution in [-0.2, 0) is 13.0 Å². The van der Waals surface area contributed by atoms with Crippen molar-refractivity contribution in [3.8, 4) is 5.75 Å². The molecule has 2 aliphatic rings. The number of anilines is 1. The molecule has 8 heteroatoms. The number of thiophene rings is 1. The van der Waals surface area contributed by atoms with Crippen LogP contribution in [0.3, 0.4) is 0 Å². The summed E-state index contributed by atoms with van der Waals surface area (Å²) in [6, 6.07) is 4.14. The summed E-state index contributed by atoms with van der Waals surface area (Å²) in [5.74, 6) is 0.827. The fourth-order valence-electron chi connectivity index (χ4n) is 3.60. The Labute approximate surface area is 184 Å². The van der Waals surface area contributed by atoms with Crippen molar-refractivity contribution >= 4 is 67.4 Å². The Kier molecular flexibility index (Phi) is 5.37. The Morgan fingerprint density at radius 2 is 2.15 bits per heavy atom. The first-order chi connectivity index (χ1) is 12.5. The van der Waals surface area contributed by atoms with Gasteiger partial charge in [0.15, 0.2) is 0 Å². The van der Waals surface area contributed by atoms with Crippen LogP contribution in [0, 0.1) is 7.14 Å². The summed E-state index contributed by atoms with van der Waals surface area (Å²) in [6.45, 7) is 5.19. The van der Waals surface area contributed by atoms with E-state index in [1.807, 2.05) is 0 Å². The molecule has 2 N–H and O–H groups in total. The number of fused-ring (bicyclic) bond motifs is 3. The number of methoxy groups -OCH3 is 1. The van der Waals surface area contributed by atoms with Crippen molar-refractivity contribution in [3.63, 3.8) is 0 Å². The lowest BCUT2D eigenvalue weighted by Crippen LogP contribution is -2.39. The maximum atomic E-state index is 12.9. The predicted octanol–water partition coefficient (Wildman–Crippen LogP) is 4.20. The molecule has 1 amide bonds. The van der Waals surface area contributed by atoms with Gasteiger partial charge in [0, 0.05) is 27.1 Å². The van der Waals surface area contributed by atoms with Gasteiger partial charge in [-0.05, 0) is 75.8 Å². The molecule has 0 radical (unpaired) electrons. The highest BCUT2D eigenvalue weighted by molar-refractivity contribution is 14.1. The molecule has 0 fully saturated rings. The largest absolute Gasteiger partial charge is 0.495 e. The van der Waals surface area contributed by atoms with Crippen LogP contribution < -0.4 is 15.4 Å². The van der Waals surface area contributed by atoms with Crippen molar-refractivity contribution < 1.29 is 9.53 Å². The van der Waals surface area contributed by atoms with Crippen molar-refractivity contribution in [2.75, 3.05) is 25.5 Å². The van der Waals surface area contributed by atoms with Crippen LogP contribution in [0.5, 0.6) is 5.75 Å². The van der Waals surface area contributed by atoms with Gasteiger partial charge < -0.3 is 15.4 Å². The number of likely N-dealkylation sites (N-methyl/N-ethyl adjacent to an activating group) is 1. The van der Waals surface area contributed by atoms with Gasteiger partial charge in [-0.1, -0.05) is 6.92 Å². The molecule has 1 aromatic heterocycles. The summed E-state index contributed by atoms with van der Waals surface area (Å²) in [4.78, 5) is 16.7. The summed E-state index contributed by atoms with van der Waals surface area (Å²) < 4.78 is 7.77. The number of hydrogen-bond donors (Lipinski definition) is 2. The summed E-state index contributed by atoms with van der Waals surface area (Å²) in [7, 11) is 1.67. The molecule has 0 bridgehead atoms. The standard InChI is InChI=1S/C18H19I2N3O2S/c1-3-23-5-4-10-13(8-23)26-18-14(10)17(24)21-16(22-18)11-6-9(19)7-12(20)15(11)25-2/h6-7,16,22H,3-5,8H2,1-2H3,(H,21,24)/t16-/m0/s1. The average Bonchev–Trinajstić information content (AvgIpc) is 2.98. The van der Waals surface area contributed by atoms with Crippen molar-refractivity contribution in [1.29, 1.82) is 0 Å². The third-order valence-electron chi connectivity index (χ3n) is 4.91. The van der Waals surface area contributed by atoms with E-state index in [1.54, 1.807) is 18.4 Å². The number of carbonyl (C=O) groups excluding carboxylic acids is 1. The third-order valence-corrected chi connectivity index (χ3v) is 7.49. The van der Waals surface area contributed by atoms with Gasteiger partial charge in [0.2, 0.25) is 0 Å². The second kappa shape index (κ2) is 7.44. The van der Waals surface area contributed by atoms with Crippen molar-refractivity contribution in [3.05, 3.63) is 40.8 Å². The second-order valence-corrected chi connectivity index (χ2v) is 9.90. The monoisotopic (exact) mass is 595 g/mol. The zero-order valence-corrected chi connectivity index (χ0v) is 19.6. The maximum Gasteiger partial charge on any atom is 0.256 e. The highest BCUT2D eigenvalue weighted by Crippen LogP contribution is 2.42. The van der Waals surface area contributed by atoms with Crippen molar-refractivity contribution in [1.82, 2.24) is 10.2 Å². The first kappa shape index (κ1) is 18.8. The number of benzene rings is 1. The molecule has 0 saturated carbocycles.